The number of carbonyl (C=O) groups is 1. The third-order valence-electron chi connectivity index (χ3n) is 4.21. The van der Waals surface area contributed by atoms with Crippen LogP contribution in [0.5, 0.6) is 0 Å². The standard InChI is InChI=1S/C20H15Cl2N5OS/c1-12-2-3-14(22)8-17(12)26-18(28)10-29-20-16-9-25-27(19(16)23-11-24-20)15-6-4-13(21)5-7-15/h2-9,11H,10H2,1H3,(H,26,28). The molecule has 0 spiro atoms. The maximum absolute atomic E-state index is 12.4. The Morgan fingerprint density at radius 1 is 1.10 bits per heavy atom. The summed E-state index contributed by atoms with van der Waals surface area (Å²) in [7, 11) is 0. The fraction of sp³-hybridized carbons (Fsp3) is 0.100. The van der Waals surface area contributed by atoms with Crippen LogP contribution in [0.3, 0.4) is 0 Å². The average molecular weight is 444 g/mol. The van der Waals surface area contributed by atoms with Crippen LogP contribution in [0.4, 0.5) is 5.69 Å². The van der Waals surface area contributed by atoms with Gasteiger partial charge in [-0.25, -0.2) is 14.6 Å². The third-order valence-corrected chi connectivity index (χ3v) is 5.71. The topological polar surface area (TPSA) is 72.7 Å². The summed E-state index contributed by atoms with van der Waals surface area (Å²) in [5.74, 6) is 0.0571. The van der Waals surface area contributed by atoms with Crippen molar-refractivity contribution in [2.75, 3.05) is 11.1 Å². The number of benzene rings is 2. The van der Waals surface area contributed by atoms with Gasteiger partial charge in [0.2, 0.25) is 5.91 Å². The Kier molecular flexibility index (Phi) is 5.71. The molecule has 0 bridgehead atoms. The number of nitrogens with one attached hydrogen (secondary N) is 1. The summed E-state index contributed by atoms with van der Waals surface area (Å²) in [5, 5.41) is 9.99. The Bertz CT molecular complexity index is 1190. The van der Waals surface area contributed by atoms with Crippen molar-refractivity contribution < 1.29 is 4.79 Å². The van der Waals surface area contributed by atoms with Crippen LogP contribution in [-0.2, 0) is 4.79 Å². The molecular weight excluding hydrogens is 429 g/mol. The number of fused-ring (bicyclic) bond motifs is 1. The molecule has 2 aromatic heterocycles. The number of aromatic nitrogens is 4. The molecule has 29 heavy (non-hydrogen) atoms. The first kappa shape index (κ1) is 19.7. The van der Waals surface area contributed by atoms with Crippen molar-refractivity contribution in [3.8, 4) is 5.69 Å². The van der Waals surface area contributed by atoms with E-state index in [1.54, 1.807) is 35.1 Å². The van der Waals surface area contributed by atoms with Gasteiger partial charge in [-0.1, -0.05) is 41.0 Å². The van der Waals surface area contributed by atoms with Crippen molar-refractivity contribution in [3.63, 3.8) is 0 Å². The summed E-state index contributed by atoms with van der Waals surface area (Å²) < 4.78 is 1.72. The van der Waals surface area contributed by atoms with Crippen LogP contribution < -0.4 is 5.32 Å². The zero-order valence-electron chi connectivity index (χ0n) is 15.3. The molecule has 1 amide bonds. The van der Waals surface area contributed by atoms with Crippen molar-refractivity contribution in [3.05, 3.63) is 70.6 Å². The summed E-state index contributed by atoms with van der Waals surface area (Å²) in [6.45, 7) is 1.91. The molecule has 0 radical (unpaired) electrons. The number of halogens is 2. The van der Waals surface area contributed by atoms with Crippen molar-refractivity contribution in [1.82, 2.24) is 19.7 Å². The number of thioether (sulfide) groups is 1. The first-order valence-corrected chi connectivity index (χ1v) is 10.4. The predicted molar refractivity (Wildman–Crippen MR) is 117 cm³/mol. The monoisotopic (exact) mass is 443 g/mol. The molecule has 0 aliphatic rings. The minimum absolute atomic E-state index is 0.141. The van der Waals surface area contributed by atoms with Gasteiger partial charge in [-0.15, -0.1) is 0 Å². The van der Waals surface area contributed by atoms with E-state index in [1.807, 2.05) is 25.1 Å². The van der Waals surface area contributed by atoms with Gasteiger partial charge in [0.05, 0.1) is 23.0 Å². The van der Waals surface area contributed by atoms with E-state index in [9.17, 15) is 4.79 Å². The van der Waals surface area contributed by atoms with Gasteiger partial charge < -0.3 is 5.32 Å². The van der Waals surface area contributed by atoms with Gasteiger partial charge in [-0.05, 0) is 48.9 Å². The number of carbonyl (C=O) groups excluding carboxylic acids is 1. The second-order valence-electron chi connectivity index (χ2n) is 6.24. The SMILES string of the molecule is Cc1ccc(Cl)cc1NC(=O)CSc1ncnc2c1cnn2-c1ccc(Cl)cc1. The maximum atomic E-state index is 12.4. The molecule has 2 heterocycles. The van der Waals surface area contributed by atoms with E-state index in [0.717, 1.165) is 16.6 Å². The van der Waals surface area contributed by atoms with Crippen LogP contribution in [0.2, 0.25) is 10.0 Å². The van der Waals surface area contributed by atoms with Crippen LogP contribution in [0.1, 0.15) is 5.56 Å². The summed E-state index contributed by atoms with van der Waals surface area (Å²) >= 11 is 13.3. The molecule has 0 unspecified atom stereocenters. The average Bonchev–Trinajstić information content (AvgIpc) is 3.14. The van der Waals surface area contributed by atoms with Gasteiger partial charge >= 0.3 is 0 Å². The normalized spacial score (nSPS) is 11.0. The molecule has 1 N–H and O–H groups in total. The summed E-state index contributed by atoms with van der Waals surface area (Å²) in [6, 6.07) is 12.7. The first-order chi connectivity index (χ1) is 14.0. The highest BCUT2D eigenvalue weighted by Gasteiger charge is 2.13. The Morgan fingerprint density at radius 2 is 1.86 bits per heavy atom. The van der Waals surface area contributed by atoms with Crippen molar-refractivity contribution in [1.29, 1.82) is 0 Å². The van der Waals surface area contributed by atoms with Crippen molar-refractivity contribution in [2.24, 2.45) is 0 Å². The number of amides is 1. The number of hydrogen-bond donors (Lipinski definition) is 1. The molecule has 0 saturated carbocycles. The van der Waals surface area contributed by atoms with Crippen LogP contribution >= 0.6 is 35.0 Å². The highest BCUT2D eigenvalue weighted by atomic mass is 35.5. The predicted octanol–water partition coefficient (Wildman–Crippen LogP) is 5.16. The minimum Gasteiger partial charge on any atom is -0.325 e. The minimum atomic E-state index is -0.141. The lowest BCUT2D eigenvalue weighted by Crippen LogP contribution is -2.15. The van der Waals surface area contributed by atoms with E-state index in [0.29, 0.717) is 26.4 Å². The molecule has 0 atom stereocenters. The largest absolute Gasteiger partial charge is 0.325 e. The van der Waals surface area contributed by atoms with Crippen LogP contribution in [0.15, 0.2) is 60.0 Å². The molecule has 9 heteroatoms. The van der Waals surface area contributed by atoms with E-state index < -0.39 is 0 Å². The van der Waals surface area contributed by atoms with Gasteiger partial charge in [-0.2, -0.15) is 5.10 Å². The van der Waals surface area contributed by atoms with E-state index in [1.165, 1.54) is 18.1 Å². The molecule has 2 aromatic carbocycles. The van der Waals surface area contributed by atoms with Crippen molar-refractivity contribution >= 4 is 57.6 Å². The lowest BCUT2D eigenvalue weighted by Gasteiger charge is -2.09. The fourth-order valence-corrected chi connectivity index (χ4v) is 3.82. The highest BCUT2D eigenvalue weighted by molar-refractivity contribution is 8.00. The van der Waals surface area contributed by atoms with Crippen LogP contribution in [0, 0.1) is 6.92 Å². The molecule has 0 aliphatic carbocycles. The zero-order valence-corrected chi connectivity index (χ0v) is 17.6. The lowest BCUT2D eigenvalue weighted by atomic mass is 10.2. The molecule has 0 saturated heterocycles. The second kappa shape index (κ2) is 8.41. The molecule has 4 rings (SSSR count). The summed E-state index contributed by atoms with van der Waals surface area (Å²) in [6.07, 6.45) is 3.17. The number of anilines is 1. The Morgan fingerprint density at radius 3 is 2.66 bits per heavy atom. The van der Waals surface area contributed by atoms with Gasteiger partial charge in [0.15, 0.2) is 5.65 Å². The van der Waals surface area contributed by atoms with Gasteiger partial charge in [-0.3, -0.25) is 4.79 Å². The van der Waals surface area contributed by atoms with Gasteiger partial charge in [0, 0.05) is 15.7 Å². The maximum Gasteiger partial charge on any atom is 0.234 e. The Balaban J connectivity index is 1.52. The van der Waals surface area contributed by atoms with E-state index in [4.69, 9.17) is 23.2 Å². The van der Waals surface area contributed by atoms with Gasteiger partial charge in [0.1, 0.15) is 11.4 Å². The number of nitrogens with zero attached hydrogens (tertiary/aromatic N) is 4. The Hall–Kier alpha value is -2.61. The van der Waals surface area contributed by atoms with Crippen LogP contribution in [0.25, 0.3) is 16.7 Å². The number of hydrogen-bond acceptors (Lipinski definition) is 5. The molecule has 0 aliphatic heterocycles. The molecule has 0 fully saturated rings. The number of rotatable bonds is 5. The highest BCUT2D eigenvalue weighted by Crippen LogP contribution is 2.27. The zero-order chi connectivity index (χ0) is 20.4. The smallest absolute Gasteiger partial charge is 0.234 e. The molecule has 4 aromatic rings. The van der Waals surface area contributed by atoms with Crippen LogP contribution in [-0.4, -0.2) is 31.4 Å². The van der Waals surface area contributed by atoms with Gasteiger partial charge in [0.25, 0.3) is 0 Å². The Labute approximate surface area is 181 Å². The third kappa shape index (κ3) is 4.37. The summed E-state index contributed by atoms with van der Waals surface area (Å²) in [4.78, 5) is 21.1. The van der Waals surface area contributed by atoms with Crippen molar-refractivity contribution in [2.45, 2.75) is 11.9 Å². The quantitative estimate of drug-likeness (QED) is 0.340. The summed E-state index contributed by atoms with van der Waals surface area (Å²) in [5.41, 5.74) is 3.15. The number of aryl methyl sites for hydroxylation is 1. The first-order valence-electron chi connectivity index (χ1n) is 8.65. The van der Waals surface area contributed by atoms with E-state index in [-0.39, 0.29) is 11.7 Å². The molecular formula is C20H15Cl2N5OS. The van der Waals surface area contributed by atoms with E-state index in [2.05, 4.69) is 20.4 Å². The lowest BCUT2D eigenvalue weighted by molar-refractivity contribution is -0.113. The molecule has 146 valence electrons. The van der Waals surface area contributed by atoms with E-state index >= 15 is 0 Å². The fourth-order valence-electron chi connectivity index (χ4n) is 2.76. The molecule has 6 nitrogen and oxygen atoms in total. The second-order valence-corrected chi connectivity index (χ2v) is 8.08.